The molecule has 1 aliphatic heterocycles. The van der Waals surface area contributed by atoms with E-state index in [9.17, 15) is 39.5 Å². The van der Waals surface area contributed by atoms with Crippen LogP contribution in [0.5, 0.6) is 0 Å². The Kier molecular flexibility index (Phi) is 4.56. The van der Waals surface area contributed by atoms with E-state index in [0.29, 0.717) is 11.1 Å². The van der Waals surface area contributed by atoms with Crippen molar-refractivity contribution in [3.63, 3.8) is 0 Å². The van der Waals surface area contributed by atoms with Crippen LogP contribution in [0.4, 0.5) is 45.2 Å². The van der Waals surface area contributed by atoms with Crippen LogP contribution in [0.2, 0.25) is 0 Å². The van der Waals surface area contributed by atoms with E-state index in [2.05, 4.69) is 0 Å². The van der Waals surface area contributed by atoms with E-state index >= 15 is 0 Å². The Hall–Kier alpha value is -3.76. The number of rotatable bonds is 2. The van der Waals surface area contributed by atoms with Crippen molar-refractivity contribution in [2.45, 2.75) is 6.67 Å². The summed E-state index contributed by atoms with van der Waals surface area (Å²) >= 11 is 0. The molecule has 0 fully saturated rings. The van der Waals surface area contributed by atoms with Gasteiger partial charge in [0.15, 0.2) is 41.1 Å². The fourth-order valence-corrected chi connectivity index (χ4v) is 3.94. The number of aromatic nitrogens is 1. The second kappa shape index (κ2) is 7.12. The molecule has 5 rings (SSSR count). The molecule has 0 unspecified atom stereocenters. The smallest absolute Gasteiger partial charge is 0.285 e. The fourth-order valence-electron chi connectivity index (χ4n) is 3.94. The molecule has 0 saturated heterocycles. The predicted molar refractivity (Wildman–Crippen MR) is 98.5 cm³/mol. The van der Waals surface area contributed by atoms with Crippen LogP contribution in [0.3, 0.4) is 0 Å². The lowest BCUT2D eigenvalue weighted by atomic mass is 10.0. The molecule has 0 N–H and O–H groups in total. The zero-order chi connectivity index (χ0) is 23.8. The zero-order valence-electron chi connectivity index (χ0n) is 16.0. The van der Waals surface area contributed by atoms with Crippen LogP contribution in [0, 0.1) is 52.4 Å². The van der Waals surface area contributed by atoms with Gasteiger partial charge in [0.2, 0.25) is 24.1 Å². The molecule has 0 saturated carbocycles. The van der Waals surface area contributed by atoms with Gasteiger partial charge in [-0.2, -0.15) is 13.4 Å². The maximum atomic E-state index is 15.0. The molecular weight excluding hydrogens is 463 g/mol. The van der Waals surface area contributed by atoms with Gasteiger partial charge in [-0.1, -0.05) is 12.1 Å². The van der Waals surface area contributed by atoms with Crippen LogP contribution in [0.1, 0.15) is 5.56 Å². The topological polar surface area (TPSA) is 7.94 Å². The van der Waals surface area contributed by atoms with E-state index in [4.69, 9.17) is 0 Å². The van der Waals surface area contributed by atoms with Gasteiger partial charge < -0.3 is 0 Å². The van der Waals surface area contributed by atoms with Crippen molar-refractivity contribution in [3.8, 4) is 11.1 Å². The molecule has 0 radical (unpaired) electrons. The molecule has 3 aromatic carbocycles. The van der Waals surface area contributed by atoms with Crippen LogP contribution >= 0.6 is 0 Å². The van der Waals surface area contributed by atoms with Crippen molar-refractivity contribution < 1.29 is 44.1 Å². The van der Waals surface area contributed by atoms with Crippen LogP contribution in [-0.2, 0) is 6.67 Å². The van der Waals surface area contributed by atoms with Gasteiger partial charge in [0.25, 0.3) is 5.69 Å². The average Bonchev–Trinajstić information content (AvgIpc) is 3.22. The molecule has 1 aromatic heterocycles. The van der Waals surface area contributed by atoms with Gasteiger partial charge in [-0.05, 0) is 12.1 Å². The Morgan fingerprint density at radius 1 is 0.606 bits per heavy atom. The third-order valence-corrected chi connectivity index (χ3v) is 5.41. The maximum Gasteiger partial charge on any atom is 0.285 e. The van der Waals surface area contributed by atoms with Crippen LogP contribution in [0.25, 0.3) is 22.0 Å². The number of hydrogen-bond donors (Lipinski definition) is 0. The van der Waals surface area contributed by atoms with Crippen molar-refractivity contribution in [1.29, 1.82) is 0 Å². The first-order valence-corrected chi connectivity index (χ1v) is 9.20. The molecule has 11 heteroatoms. The minimum absolute atomic E-state index is 0.283. The second-order valence-corrected chi connectivity index (χ2v) is 7.24. The lowest BCUT2D eigenvalue weighted by molar-refractivity contribution is -0.476. The molecule has 4 aromatic rings. The lowest BCUT2D eigenvalue weighted by Crippen LogP contribution is -2.21. The van der Waals surface area contributed by atoms with Crippen LogP contribution in [0.15, 0.2) is 30.5 Å². The van der Waals surface area contributed by atoms with E-state index in [1.54, 1.807) is 30.5 Å². The number of halogens is 9. The van der Waals surface area contributed by atoms with E-state index < -0.39 is 69.2 Å². The highest BCUT2D eigenvalue weighted by molar-refractivity contribution is 5.97. The van der Waals surface area contributed by atoms with Gasteiger partial charge in [-0.3, -0.25) is 4.57 Å². The predicted octanol–water partition coefficient (Wildman–Crippen LogP) is 6.29. The van der Waals surface area contributed by atoms with Gasteiger partial charge in [0.05, 0.1) is 22.2 Å². The molecule has 0 spiro atoms. The molecule has 0 aliphatic carbocycles. The van der Waals surface area contributed by atoms with Gasteiger partial charge in [0.1, 0.15) is 0 Å². The Morgan fingerprint density at radius 2 is 1.12 bits per heavy atom. The summed E-state index contributed by atoms with van der Waals surface area (Å²) in [5.41, 5.74) is -4.28. The first kappa shape index (κ1) is 21.1. The quantitative estimate of drug-likeness (QED) is 0.141. The van der Waals surface area contributed by atoms with Crippen LogP contribution < -0.4 is 0 Å². The van der Waals surface area contributed by atoms with Crippen molar-refractivity contribution in [1.82, 2.24) is 4.57 Å². The van der Waals surface area contributed by atoms with Crippen molar-refractivity contribution in [2.24, 2.45) is 0 Å². The molecule has 0 amide bonds. The average molecular weight is 471 g/mol. The van der Waals surface area contributed by atoms with Crippen molar-refractivity contribution in [3.05, 3.63) is 88.4 Å². The first-order valence-electron chi connectivity index (χ1n) is 9.20. The molecule has 1 aliphatic rings. The van der Waals surface area contributed by atoms with E-state index in [1.807, 2.05) is 0 Å². The van der Waals surface area contributed by atoms with Gasteiger partial charge in [0, 0.05) is 11.6 Å². The summed E-state index contributed by atoms with van der Waals surface area (Å²) in [5, 5.41) is 0.795. The Labute approximate surface area is 178 Å². The number of benzene rings is 3. The summed E-state index contributed by atoms with van der Waals surface area (Å²) in [4.78, 5) is 0. The maximum absolute atomic E-state index is 15.0. The standard InChI is InChI=1S/C22H8F9N2/c23-12-10(13(24)17(28)18(29)16(12)27)11-14(25)19(30)22(20(31)15(11)26)33-6-9-3-1-2-8-4-5-32(7-33)21(8)9/h1-6H,7H2/q+1. The Morgan fingerprint density at radius 3 is 1.70 bits per heavy atom. The van der Waals surface area contributed by atoms with Gasteiger partial charge in [-0.15, -0.1) is 0 Å². The second-order valence-electron chi connectivity index (χ2n) is 7.24. The molecule has 33 heavy (non-hydrogen) atoms. The van der Waals surface area contributed by atoms with Gasteiger partial charge >= 0.3 is 0 Å². The summed E-state index contributed by atoms with van der Waals surface area (Å²) in [6.45, 7) is -0.283. The molecule has 0 atom stereocenters. The largest absolute Gasteiger partial charge is 0.291 e. The highest BCUT2D eigenvalue weighted by Gasteiger charge is 2.38. The number of para-hydroxylation sites is 1. The normalized spacial score (nSPS) is 13.1. The third kappa shape index (κ3) is 2.81. The number of nitrogens with zero attached hydrogens (tertiary/aromatic N) is 2. The molecule has 168 valence electrons. The summed E-state index contributed by atoms with van der Waals surface area (Å²) in [6.07, 6.45) is 2.78. The van der Waals surface area contributed by atoms with E-state index in [-0.39, 0.29) is 6.67 Å². The third-order valence-electron chi connectivity index (χ3n) is 5.41. The molecule has 0 bridgehead atoms. The summed E-state index contributed by atoms with van der Waals surface area (Å²) in [5.74, 6) is -21.7. The SMILES string of the molecule is Fc1c(F)c(F)c(-c2c(F)c(F)c([N+]3=Cc4cccc5ccn(c45)C3)c(F)c2F)c(F)c1F. The summed E-state index contributed by atoms with van der Waals surface area (Å²) in [7, 11) is 0. The van der Waals surface area contributed by atoms with E-state index in [1.165, 1.54) is 10.8 Å². The highest BCUT2D eigenvalue weighted by Crippen LogP contribution is 2.40. The molecular formula is C22H8F9N2+. The summed E-state index contributed by atoms with van der Waals surface area (Å²) < 4.78 is 130. The minimum atomic E-state index is -2.61. The minimum Gasteiger partial charge on any atom is -0.291 e. The molecule has 2 nitrogen and oxygen atoms in total. The monoisotopic (exact) mass is 471 g/mol. The zero-order valence-corrected chi connectivity index (χ0v) is 16.0. The van der Waals surface area contributed by atoms with Crippen molar-refractivity contribution in [2.75, 3.05) is 0 Å². The van der Waals surface area contributed by atoms with E-state index in [0.717, 1.165) is 9.96 Å². The molecule has 2 heterocycles. The fraction of sp³-hybridized carbons (Fsp3) is 0.0455. The highest BCUT2D eigenvalue weighted by atomic mass is 19.2. The first-order chi connectivity index (χ1) is 15.6. The van der Waals surface area contributed by atoms with Crippen LogP contribution in [-0.4, -0.2) is 15.4 Å². The Balaban J connectivity index is 1.77. The lowest BCUT2D eigenvalue weighted by Gasteiger charge is -2.16. The summed E-state index contributed by atoms with van der Waals surface area (Å²) in [6, 6.07) is 6.70. The van der Waals surface area contributed by atoms with Crippen molar-refractivity contribution >= 4 is 22.8 Å². The number of hydrogen-bond acceptors (Lipinski definition) is 0. The Bertz CT molecular complexity index is 1480. The van der Waals surface area contributed by atoms with Gasteiger partial charge in [-0.25, -0.2) is 30.7 Å².